The molecule has 1 atom stereocenters. The SMILES string of the molecule is CCCCCCCCCC(CCCCCCC)OCC. The topological polar surface area (TPSA) is 9.23 Å². The summed E-state index contributed by atoms with van der Waals surface area (Å²) in [4.78, 5) is 0. The third-order valence-electron chi connectivity index (χ3n) is 4.16. The highest BCUT2D eigenvalue weighted by Gasteiger charge is 2.07. The Morgan fingerprint density at radius 1 is 0.550 bits per heavy atom. The van der Waals surface area contributed by atoms with Gasteiger partial charge in [0.15, 0.2) is 0 Å². The van der Waals surface area contributed by atoms with E-state index in [-0.39, 0.29) is 0 Å². The first-order valence-electron chi connectivity index (χ1n) is 9.46. The van der Waals surface area contributed by atoms with Gasteiger partial charge in [0.2, 0.25) is 0 Å². The lowest BCUT2D eigenvalue weighted by Crippen LogP contribution is -2.12. The molecule has 0 aromatic rings. The quantitative estimate of drug-likeness (QED) is 0.280. The van der Waals surface area contributed by atoms with E-state index in [1.807, 2.05) is 0 Å². The molecule has 0 heterocycles. The highest BCUT2D eigenvalue weighted by atomic mass is 16.5. The molecule has 1 unspecified atom stereocenters. The second-order valence-electron chi connectivity index (χ2n) is 6.19. The zero-order valence-electron chi connectivity index (χ0n) is 14.6. The molecule has 0 aliphatic heterocycles. The van der Waals surface area contributed by atoms with Gasteiger partial charge in [-0.25, -0.2) is 0 Å². The molecule has 0 aromatic heterocycles. The molecule has 0 amide bonds. The molecule has 0 spiro atoms. The minimum Gasteiger partial charge on any atom is -0.379 e. The molecule has 20 heavy (non-hydrogen) atoms. The molecule has 0 aliphatic carbocycles. The van der Waals surface area contributed by atoms with Crippen molar-refractivity contribution in [1.29, 1.82) is 0 Å². The monoisotopic (exact) mass is 284 g/mol. The summed E-state index contributed by atoms with van der Waals surface area (Å²) in [5.74, 6) is 0. The van der Waals surface area contributed by atoms with Crippen molar-refractivity contribution >= 4 is 0 Å². The number of ether oxygens (including phenoxy) is 1. The van der Waals surface area contributed by atoms with E-state index in [0.717, 1.165) is 6.61 Å². The molecule has 0 aromatic carbocycles. The first kappa shape index (κ1) is 20.0. The molecule has 0 radical (unpaired) electrons. The zero-order valence-corrected chi connectivity index (χ0v) is 14.6. The van der Waals surface area contributed by atoms with Gasteiger partial charge in [-0.15, -0.1) is 0 Å². The van der Waals surface area contributed by atoms with Gasteiger partial charge in [0, 0.05) is 6.61 Å². The first-order chi connectivity index (χ1) is 9.85. The molecule has 0 saturated carbocycles. The number of hydrogen-bond acceptors (Lipinski definition) is 1. The van der Waals surface area contributed by atoms with Crippen molar-refractivity contribution in [3.05, 3.63) is 0 Å². The van der Waals surface area contributed by atoms with Crippen molar-refractivity contribution < 1.29 is 4.74 Å². The lowest BCUT2D eigenvalue weighted by Gasteiger charge is -2.17. The van der Waals surface area contributed by atoms with E-state index in [2.05, 4.69) is 20.8 Å². The maximum absolute atomic E-state index is 5.89. The van der Waals surface area contributed by atoms with Gasteiger partial charge in [0.1, 0.15) is 0 Å². The predicted molar refractivity (Wildman–Crippen MR) is 91.4 cm³/mol. The average molecular weight is 285 g/mol. The lowest BCUT2D eigenvalue weighted by molar-refractivity contribution is 0.0470. The Labute approximate surface area is 128 Å². The van der Waals surface area contributed by atoms with Crippen LogP contribution in [0.5, 0.6) is 0 Å². The van der Waals surface area contributed by atoms with Crippen molar-refractivity contribution in [1.82, 2.24) is 0 Å². The molecule has 0 bridgehead atoms. The Hall–Kier alpha value is -0.0400. The molecule has 0 aliphatic rings. The van der Waals surface area contributed by atoms with Crippen LogP contribution >= 0.6 is 0 Å². The number of unbranched alkanes of at least 4 members (excludes halogenated alkanes) is 10. The van der Waals surface area contributed by atoms with Crippen LogP contribution in [0.15, 0.2) is 0 Å². The average Bonchev–Trinajstić information content (AvgIpc) is 2.46. The summed E-state index contributed by atoms with van der Waals surface area (Å²) >= 11 is 0. The van der Waals surface area contributed by atoms with Gasteiger partial charge in [0.05, 0.1) is 6.10 Å². The van der Waals surface area contributed by atoms with Crippen LogP contribution in [0.3, 0.4) is 0 Å². The maximum atomic E-state index is 5.89. The third kappa shape index (κ3) is 14.4. The Kier molecular flexibility index (Phi) is 17.0. The van der Waals surface area contributed by atoms with Crippen molar-refractivity contribution in [2.75, 3.05) is 6.61 Å². The summed E-state index contributed by atoms with van der Waals surface area (Å²) in [5, 5.41) is 0. The highest BCUT2D eigenvalue weighted by molar-refractivity contribution is 4.60. The van der Waals surface area contributed by atoms with Gasteiger partial charge in [-0.2, -0.15) is 0 Å². The van der Waals surface area contributed by atoms with Gasteiger partial charge in [-0.3, -0.25) is 0 Å². The van der Waals surface area contributed by atoms with Gasteiger partial charge >= 0.3 is 0 Å². The first-order valence-corrected chi connectivity index (χ1v) is 9.46. The molecule has 0 fully saturated rings. The molecule has 1 heteroatoms. The van der Waals surface area contributed by atoms with E-state index < -0.39 is 0 Å². The standard InChI is InChI=1S/C19H40O/c1-4-7-9-11-12-14-16-18-19(20-6-3)17-15-13-10-8-5-2/h19H,4-18H2,1-3H3. The smallest absolute Gasteiger partial charge is 0.0575 e. The Bertz CT molecular complexity index is 167. The van der Waals surface area contributed by atoms with E-state index in [1.165, 1.54) is 89.9 Å². The van der Waals surface area contributed by atoms with E-state index >= 15 is 0 Å². The molecule has 0 N–H and O–H groups in total. The second kappa shape index (κ2) is 17.0. The molecule has 0 saturated heterocycles. The van der Waals surface area contributed by atoms with E-state index in [1.54, 1.807) is 0 Å². The summed E-state index contributed by atoms with van der Waals surface area (Å²) < 4.78 is 5.89. The Morgan fingerprint density at radius 2 is 0.950 bits per heavy atom. The van der Waals surface area contributed by atoms with Crippen LogP contribution in [0.1, 0.15) is 111 Å². The Morgan fingerprint density at radius 3 is 1.35 bits per heavy atom. The normalized spacial score (nSPS) is 12.8. The fourth-order valence-corrected chi connectivity index (χ4v) is 2.85. The fourth-order valence-electron chi connectivity index (χ4n) is 2.85. The van der Waals surface area contributed by atoms with E-state index in [9.17, 15) is 0 Å². The molecule has 1 nitrogen and oxygen atoms in total. The van der Waals surface area contributed by atoms with Crippen LogP contribution in [0.2, 0.25) is 0 Å². The van der Waals surface area contributed by atoms with Crippen LogP contribution in [0.25, 0.3) is 0 Å². The van der Waals surface area contributed by atoms with E-state index in [0.29, 0.717) is 6.10 Å². The van der Waals surface area contributed by atoms with Crippen LogP contribution < -0.4 is 0 Å². The molecule has 0 rings (SSSR count). The highest BCUT2D eigenvalue weighted by Crippen LogP contribution is 2.16. The summed E-state index contributed by atoms with van der Waals surface area (Å²) in [6.07, 6.45) is 19.9. The summed E-state index contributed by atoms with van der Waals surface area (Å²) in [7, 11) is 0. The van der Waals surface area contributed by atoms with Gasteiger partial charge in [-0.1, -0.05) is 90.9 Å². The van der Waals surface area contributed by atoms with Crippen molar-refractivity contribution in [2.45, 2.75) is 117 Å². The van der Waals surface area contributed by atoms with Crippen LogP contribution in [-0.4, -0.2) is 12.7 Å². The maximum Gasteiger partial charge on any atom is 0.0575 e. The summed E-state index contributed by atoms with van der Waals surface area (Å²) in [6, 6.07) is 0. The Balaban J connectivity index is 3.44. The molecular formula is C19H40O. The minimum atomic E-state index is 0.539. The lowest BCUT2D eigenvalue weighted by atomic mass is 10.0. The third-order valence-corrected chi connectivity index (χ3v) is 4.16. The second-order valence-corrected chi connectivity index (χ2v) is 6.19. The molecule has 122 valence electrons. The zero-order chi connectivity index (χ0) is 14.9. The number of rotatable bonds is 16. The largest absolute Gasteiger partial charge is 0.379 e. The fraction of sp³-hybridized carbons (Fsp3) is 1.00. The molecular weight excluding hydrogens is 244 g/mol. The van der Waals surface area contributed by atoms with Crippen molar-refractivity contribution in [3.8, 4) is 0 Å². The van der Waals surface area contributed by atoms with E-state index in [4.69, 9.17) is 4.74 Å². The number of hydrogen-bond donors (Lipinski definition) is 0. The van der Waals surface area contributed by atoms with Gasteiger partial charge in [0.25, 0.3) is 0 Å². The van der Waals surface area contributed by atoms with Crippen molar-refractivity contribution in [2.24, 2.45) is 0 Å². The van der Waals surface area contributed by atoms with Crippen LogP contribution in [0.4, 0.5) is 0 Å². The summed E-state index contributed by atoms with van der Waals surface area (Å²) in [5.41, 5.74) is 0. The minimum absolute atomic E-state index is 0.539. The van der Waals surface area contributed by atoms with Gasteiger partial charge < -0.3 is 4.74 Å². The predicted octanol–water partition coefficient (Wildman–Crippen LogP) is 6.89. The van der Waals surface area contributed by atoms with Gasteiger partial charge in [-0.05, 0) is 19.8 Å². The van der Waals surface area contributed by atoms with Crippen LogP contribution in [-0.2, 0) is 4.74 Å². The summed E-state index contributed by atoms with van der Waals surface area (Å²) in [6.45, 7) is 7.58. The van der Waals surface area contributed by atoms with Crippen LogP contribution in [0, 0.1) is 0 Å². The van der Waals surface area contributed by atoms with Crippen molar-refractivity contribution in [3.63, 3.8) is 0 Å².